The van der Waals surface area contributed by atoms with Crippen molar-refractivity contribution >= 4 is 11.8 Å². The van der Waals surface area contributed by atoms with Crippen LogP contribution in [0.25, 0.3) is 0 Å². The lowest BCUT2D eigenvalue weighted by molar-refractivity contribution is -0.144. The van der Waals surface area contributed by atoms with Gasteiger partial charge in [0.1, 0.15) is 0 Å². The zero-order valence-corrected chi connectivity index (χ0v) is 10.5. The molecule has 1 aliphatic rings. The molecule has 2 unspecified atom stereocenters. The Morgan fingerprint density at radius 3 is 2.76 bits per heavy atom. The van der Waals surface area contributed by atoms with E-state index in [2.05, 4.69) is 6.58 Å². The number of esters is 1. The van der Waals surface area contributed by atoms with E-state index >= 15 is 0 Å². The molecule has 0 aliphatic heterocycles. The van der Waals surface area contributed by atoms with Crippen LogP contribution in [0.2, 0.25) is 0 Å². The van der Waals surface area contributed by atoms with E-state index in [1.165, 1.54) is 13.2 Å². The number of carbonyl (C=O) groups excluding carboxylic acids is 2. The fourth-order valence-electron chi connectivity index (χ4n) is 2.19. The zero-order valence-electron chi connectivity index (χ0n) is 10.5. The number of allylic oxidation sites excluding steroid dienone is 1. The van der Waals surface area contributed by atoms with Gasteiger partial charge in [0, 0.05) is 13.0 Å². The van der Waals surface area contributed by atoms with Crippen molar-refractivity contribution in [1.82, 2.24) is 0 Å². The minimum absolute atomic E-state index is 0.0342. The summed E-state index contributed by atoms with van der Waals surface area (Å²) in [7, 11) is 1.39. The molecule has 4 heteroatoms. The number of methoxy groups -OCH3 is 1. The van der Waals surface area contributed by atoms with Gasteiger partial charge in [0.15, 0.2) is 5.78 Å². The van der Waals surface area contributed by atoms with Gasteiger partial charge < -0.3 is 9.47 Å². The van der Waals surface area contributed by atoms with E-state index in [1.54, 1.807) is 0 Å². The molecule has 0 N–H and O–H groups in total. The number of ketones is 1. The average molecular weight is 240 g/mol. The van der Waals surface area contributed by atoms with Gasteiger partial charge >= 0.3 is 5.97 Å². The van der Waals surface area contributed by atoms with Gasteiger partial charge in [-0.2, -0.15) is 0 Å². The highest BCUT2D eigenvalue weighted by Gasteiger charge is 2.59. The smallest absolute Gasteiger partial charge is 0.311 e. The van der Waals surface area contributed by atoms with E-state index in [-0.39, 0.29) is 23.3 Å². The summed E-state index contributed by atoms with van der Waals surface area (Å²) in [6.07, 6.45) is 3.94. The van der Waals surface area contributed by atoms with Gasteiger partial charge in [-0.3, -0.25) is 9.59 Å². The molecule has 0 amide bonds. The van der Waals surface area contributed by atoms with Crippen molar-refractivity contribution < 1.29 is 19.1 Å². The molecule has 0 aromatic rings. The van der Waals surface area contributed by atoms with Crippen LogP contribution in [-0.4, -0.2) is 31.1 Å². The van der Waals surface area contributed by atoms with Crippen LogP contribution in [0.5, 0.6) is 0 Å². The van der Waals surface area contributed by atoms with Gasteiger partial charge in [0.25, 0.3) is 0 Å². The summed E-state index contributed by atoms with van der Waals surface area (Å²) < 4.78 is 10.4. The van der Waals surface area contributed by atoms with Crippen molar-refractivity contribution in [1.29, 1.82) is 0 Å². The van der Waals surface area contributed by atoms with Crippen molar-refractivity contribution in [3.63, 3.8) is 0 Å². The van der Waals surface area contributed by atoms with E-state index in [0.29, 0.717) is 19.4 Å². The first-order chi connectivity index (χ1) is 8.09. The van der Waals surface area contributed by atoms with Crippen LogP contribution in [0, 0.1) is 5.92 Å². The molecule has 0 heterocycles. The summed E-state index contributed by atoms with van der Waals surface area (Å²) in [6.45, 7) is 5.91. The van der Waals surface area contributed by atoms with E-state index in [1.807, 2.05) is 6.92 Å². The molecule has 1 aliphatic carbocycles. The molecule has 0 aromatic carbocycles. The third-order valence-electron chi connectivity index (χ3n) is 3.19. The lowest BCUT2D eigenvalue weighted by atomic mass is 10.1. The second kappa shape index (κ2) is 5.96. The van der Waals surface area contributed by atoms with E-state index in [9.17, 15) is 9.59 Å². The van der Waals surface area contributed by atoms with Crippen molar-refractivity contribution in [2.24, 2.45) is 5.92 Å². The predicted octanol–water partition coefficient (Wildman–Crippen LogP) is 1.88. The molecule has 17 heavy (non-hydrogen) atoms. The van der Waals surface area contributed by atoms with E-state index < -0.39 is 0 Å². The predicted molar refractivity (Wildman–Crippen MR) is 63.5 cm³/mol. The molecule has 0 radical (unpaired) electrons. The zero-order chi connectivity index (χ0) is 12.9. The molecular weight excluding hydrogens is 220 g/mol. The fourth-order valence-corrected chi connectivity index (χ4v) is 2.19. The minimum Gasteiger partial charge on any atom is -0.469 e. The lowest BCUT2D eigenvalue weighted by Gasteiger charge is -2.16. The quantitative estimate of drug-likeness (QED) is 0.480. The second-order valence-corrected chi connectivity index (χ2v) is 4.30. The van der Waals surface area contributed by atoms with E-state index in [4.69, 9.17) is 9.47 Å². The molecule has 0 spiro atoms. The van der Waals surface area contributed by atoms with E-state index in [0.717, 1.165) is 12.8 Å². The van der Waals surface area contributed by atoms with Crippen LogP contribution in [0.15, 0.2) is 12.7 Å². The second-order valence-electron chi connectivity index (χ2n) is 4.30. The highest BCUT2D eigenvalue weighted by Crippen LogP contribution is 2.51. The number of rotatable bonds is 8. The summed E-state index contributed by atoms with van der Waals surface area (Å²) in [6, 6.07) is 0. The molecule has 0 bridgehead atoms. The van der Waals surface area contributed by atoms with Crippen LogP contribution in [0.3, 0.4) is 0 Å². The van der Waals surface area contributed by atoms with Crippen molar-refractivity contribution in [3.8, 4) is 0 Å². The summed E-state index contributed by atoms with van der Waals surface area (Å²) in [4.78, 5) is 22.5. The van der Waals surface area contributed by atoms with Crippen molar-refractivity contribution in [2.45, 2.75) is 38.2 Å². The Balaban J connectivity index is 2.43. The maximum atomic E-state index is 11.4. The largest absolute Gasteiger partial charge is 0.469 e. The number of carbonyl (C=O) groups is 2. The summed E-state index contributed by atoms with van der Waals surface area (Å²) >= 11 is 0. The van der Waals surface area contributed by atoms with Crippen LogP contribution in [-0.2, 0) is 19.1 Å². The van der Waals surface area contributed by atoms with Crippen LogP contribution >= 0.6 is 0 Å². The van der Waals surface area contributed by atoms with Gasteiger partial charge in [-0.25, -0.2) is 0 Å². The molecule has 1 fully saturated rings. The standard InChI is InChI=1S/C13H20O4/c1-4-10(14)7-6-8-13(17-5-2)9-11(13)12(15)16-3/h4,11H,1,5-9H2,2-3H3. The first-order valence-corrected chi connectivity index (χ1v) is 5.96. The van der Waals surface area contributed by atoms with Crippen LogP contribution in [0.1, 0.15) is 32.6 Å². The minimum atomic E-state index is -0.386. The molecule has 0 aromatic heterocycles. The Bertz CT molecular complexity index is 311. The molecule has 0 saturated heterocycles. The Morgan fingerprint density at radius 1 is 1.53 bits per heavy atom. The Morgan fingerprint density at radius 2 is 2.24 bits per heavy atom. The van der Waals surface area contributed by atoms with Gasteiger partial charge in [-0.05, 0) is 32.3 Å². The third-order valence-corrected chi connectivity index (χ3v) is 3.19. The Hall–Kier alpha value is -1.16. The molecule has 1 rings (SSSR count). The molecule has 1 saturated carbocycles. The summed E-state index contributed by atoms with van der Waals surface area (Å²) in [5.74, 6) is -0.341. The Labute approximate surface area is 102 Å². The van der Waals surface area contributed by atoms with Crippen molar-refractivity contribution in [3.05, 3.63) is 12.7 Å². The van der Waals surface area contributed by atoms with Crippen molar-refractivity contribution in [2.75, 3.05) is 13.7 Å². The third kappa shape index (κ3) is 3.40. The van der Waals surface area contributed by atoms with Gasteiger partial charge in [0.2, 0.25) is 0 Å². The normalized spacial score (nSPS) is 26.4. The number of hydrogen-bond donors (Lipinski definition) is 0. The molecular formula is C13H20O4. The molecule has 96 valence electrons. The lowest BCUT2D eigenvalue weighted by Crippen LogP contribution is -2.22. The first kappa shape index (κ1) is 13.9. The highest BCUT2D eigenvalue weighted by atomic mass is 16.5. The summed E-state index contributed by atoms with van der Waals surface area (Å²) in [5, 5.41) is 0. The SMILES string of the molecule is C=CC(=O)CCCC1(OCC)CC1C(=O)OC. The molecule has 2 atom stereocenters. The van der Waals surface area contributed by atoms with Crippen LogP contribution in [0.4, 0.5) is 0 Å². The van der Waals surface area contributed by atoms with Crippen LogP contribution < -0.4 is 0 Å². The monoisotopic (exact) mass is 240 g/mol. The average Bonchev–Trinajstić information content (AvgIpc) is 3.03. The fraction of sp³-hybridized carbons (Fsp3) is 0.692. The molecule has 4 nitrogen and oxygen atoms in total. The summed E-state index contributed by atoms with van der Waals surface area (Å²) in [5.41, 5.74) is -0.386. The number of hydrogen-bond acceptors (Lipinski definition) is 4. The highest BCUT2D eigenvalue weighted by molar-refractivity contribution is 5.88. The Kier molecular flexibility index (Phi) is 4.87. The maximum Gasteiger partial charge on any atom is 0.311 e. The maximum absolute atomic E-state index is 11.4. The van der Waals surface area contributed by atoms with Gasteiger partial charge in [-0.15, -0.1) is 0 Å². The first-order valence-electron chi connectivity index (χ1n) is 5.96. The van der Waals surface area contributed by atoms with Gasteiger partial charge in [0.05, 0.1) is 18.6 Å². The topological polar surface area (TPSA) is 52.6 Å². The number of ether oxygens (including phenoxy) is 2. The van der Waals surface area contributed by atoms with Gasteiger partial charge in [-0.1, -0.05) is 6.58 Å².